The number of ether oxygens (including phenoxy) is 1. The Bertz CT molecular complexity index is 1570. The lowest BCUT2D eigenvalue weighted by Gasteiger charge is -2.04. The third kappa shape index (κ3) is 2.97. The van der Waals surface area contributed by atoms with Crippen LogP contribution in [0.2, 0.25) is 0 Å². The van der Waals surface area contributed by atoms with Crippen LogP contribution in [0.3, 0.4) is 0 Å². The summed E-state index contributed by atoms with van der Waals surface area (Å²) >= 11 is 0. The summed E-state index contributed by atoms with van der Waals surface area (Å²) in [5, 5.41) is 9.61. The third-order valence-corrected chi connectivity index (χ3v) is 5.43. The Morgan fingerprint density at radius 3 is 2.56 bits per heavy atom. The van der Waals surface area contributed by atoms with Crippen molar-refractivity contribution in [2.24, 2.45) is 0 Å². The minimum atomic E-state index is 0.683. The second-order valence-electron chi connectivity index (χ2n) is 7.35. The fraction of sp³-hybridized carbons (Fsp3) is 0.0417. The zero-order valence-electron chi connectivity index (χ0n) is 17.1. The molecule has 0 bridgehead atoms. The molecule has 6 aromatic heterocycles. The van der Waals surface area contributed by atoms with Crippen molar-refractivity contribution in [2.75, 3.05) is 7.11 Å². The fourth-order valence-corrected chi connectivity index (χ4v) is 3.86. The van der Waals surface area contributed by atoms with E-state index in [9.17, 15) is 0 Å². The molecule has 6 aromatic rings. The first-order valence-corrected chi connectivity index (χ1v) is 10.0. The number of aromatic amines is 2. The summed E-state index contributed by atoms with van der Waals surface area (Å²) in [6.07, 6.45) is 10.6. The third-order valence-electron chi connectivity index (χ3n) is 5.43. The molecule has 6 heterocycles. The van der Waals surface area contributed by atoms with E-state index in [-0.39, 0.29) is 0 Å². The van der Waals surface area contributed by atoms with E-state index in [0.29, 0.717) is 5.75 Å². The van der Waals surface area contributed by atoms with Gasteiger partial charge in [-0.05, 0) is 36.4 Å². The van der Waals surface area contributed by atoms with E-state index in [1.807, 2.05) is 36.5 Å². The van der Waals surface area contributed by atoms with E-state index in [2.05, 4.69) is 41.2 Å². The minimum Gasteiger partial charge on any atom is -0.495 e. The van der Waals surface area contributed by atoms with Gasteiger partial charge in [-0.25, -0.2) is 0 Å². The first-order valence-electron chi connectivity index (χ1n) is 10.0. The van der Waals surface area contributed by atoms with Crippen molar-refractivity contribution >= 4 is 21.8 Å². The van der Waals surface area contributed by atoms with Gasteiger partial charge in [0.1, 0.15) is 11.4 Å². The van der Waals surface area contributed by atoms with Crippen LogP contribution in [0.15, 0.2) is 73.6 Å². The minimum absolute atomic E-state index is 0.683. The van der Waals surface area contributed by atoms with E-state index < -0.39 is 0 Å². The molecule has 0 amide bonds. The van der Waals surface area contributed by atoms with E-state index >= 15 is 0 Å². The first-order chi connectivity index (χ1) is 15.8. The summed E-state index contributed by atoms with van der Waals surface area (Å²) in [6, 6.07) is 11.9. The topological polar surface area (TPSA) is 105 Å². The van der Waals surface area contributed by atoms with Crippen LogP contribution in [0.25, 0.3) is 55.7 Å². The highest BCUT2D eigenvalue weighted by Crippen LogP contribution is 2.33. The lowest BCUT2D eigenvalue weighted by atomic mass is 10.1. The van der Waals surface area contributed by atoms with Crippen molar-refractivity contribution in [1.82, 2.24) is 35.1 Å². The summed E-state index contributed by atoms with van der Waals surface area (Å²) in [4.78, 5) is 21.1. The molecule has 0 fully saturated rings. The van der Waals surface area contributed by atoms with Crippen molar-refractivity contribution in [1.29, 1.82) is 0 Å². The SMILES string of the molecule is COc1cncc(-c2cc3c(-c4cc5c(-c6cccnc6)nccc5[nH]4)n[nH]c3cn2)c1. The normalized spacial score (nSPS) is 11.3. The number of methoxy groups -OCH3 is 1. The number of pyridine rings is 4. The maximum Gasteiger partial charge on any atom is 0.137 e. The molecule has 0 radical (unpaired) electrons. The number of rotatable bonds is 4. The molecule has 6 rings (SSSR count). The molecule has 0 aliphatic rings. The van der Waals surface area contributed by atoms with Gasteiger partial charge >= 0.3 is 0 Å². The number of nitrogens with one attached hydrogen (secondary N) is 2. The smallest absolute Gasteiger partial charge is 0.137 e. The van der Waals surface area contributed by atoms with Crippen molar-refractivity contribution in [3.63, 3.8) is 0 Å². The Labute approximate surface area is 182 Å². The van der Waals surface area contributed by atoms with Crippen molar-refractivity contribution in [2.45, 2.75) is 0 Å². The summed E-state index contributed by atoms with van der Waals surface area (Å²) in [6.45, 7) is 0. The van der Waals surface area contributed by atoms with E-state index in [4.69, 9.17) is 4.74 Å². The second kappa shape index (κ2) is 7.28. The molecule has 0 spiro atoms. The summed E-state index contributed by atoms with van der Waals surface area (Å²) in [5.74, 6) is 0.683. The standard InChI is InChI=1S/C24H17N7O/c1-32-16-7-15(11-26-12-16)20-8-18-22(13-28-20)30-31-24(18)21-9-17-19(29-21)4-6-27-23(17)14-3-2-5-25-10-14/h2-13,29H,1H3,(H,30,31). The molecule has 8 nitrogen and oxygen atoms in total. The molecule has 0 aliphatic carbocycles. The monoisotopic (exact) mass is 419 g/mol. The molecule has 0 aromatic carbocycles. The van der Waals surface area contributed by atoms with Gasteiger partial charge in [-0.2, -0.15) is 5.10 Å². The van der Waals surface area contributed by atoms with Crippen LogP contribution in [0.5, 0.6) is 5.75 Å². The zero-order valence-corrected chi connectivity index (χ0v) is 17.1. The fourth-order valence-electron chi connectivity index (χ4n) is 3.86. The summed E-state index contributed by atoms with van der Waals surface area (Å²) < 4.78 is 5.30. The van der Waals surface area contributed by atoms with Crippen molar-refractivity contribution < 1.29 is 4.74 Å². The Kier molecular flexibility index (Phi) is 4.14. The van der Waals surface area contributed by atoms with Crippen molar-refractivity contribution in [3.8, 4) is 39.7 Å². The number of hydrogen-bond acceptors (Lipinski definition) is 6. The van der Waals surface area contributed by atoms with E-state index in [1.54, 1.807) is 38.1 Å². The average Bonchev–Trinajstić information content (AvgIpc) is 3.48. The van der Waals surface area contributed by atoms with Gasteiger partial charge in [-0.3, -0.25) is 25.0 Å². The van der Waals surface area contributed by atoms with Gasteiger partial charge < -0.3 is 9.72 Å². The van der Waals surface area contributed by atoms with Gasteiger partial charge in [-0.1, -0.05) is 0 Å². The van der Waals surface area contributed by atoms with Gasteiger partial charge in [0, 0.05) is 52.2 Å². The molecule has 2 N–H and O–H groups in total. The number of H-pyrrole nitrogens is 2. The van der Waals surface area contributed by atoms with Crippen LogP contribution in [0.4, 0.5) is 0 Å². The summed E-state index contributed by atoms with van der Waals surface area (Å²) in [7, 11) is 1.62. The van der Waals surface area contributed by atoms with Gasteiger partial charge in [0.05, 0.1) is 42.1 Å². The lowest BCUT2D eigenvalue weighted by molar-refractivity contribution is 0.413. The number of aromatic nitrogens is 7. The highest BCUT2D eigenvalue weighted by atomic mass is 16.5. The lowest BCUT2D eigenvalue weighted by Crippen LogP contribution is -1.88. The Hall–Kier alpha value is -4.59. The molecular formula is C24H17N7O. The predicted octanol–water partition coefficient (Wildman–Crippen LogP) is 4.63. The average molecular weight is 419 g/mol. The maximum atomic E-state index is 5.30. The number of nitrogens with zero attached hydrogens (tertiary/aromatic N) is 5. The van der Waals surface area contributed by atoms with Crippen LogP contribution < -0.4 is 4.74 Å². The molecule has 0 saturated heterocycles. The van der Waals surface area contributed by atoms with E-state index in [0.717, 1.165) is 55.7 Å². The Balaban J connectivity index is 1.50. The zero-order chi connectivity index (χ0) is 21.5. The first kappa shape index (κ1) is 18.2. The molecular weight excluding hydrogens is 402 g/mol. The quantitative estimate of drug-likeness (QED) is 0.431. The molecule has 0 saturated carbocycles. The van der Waals surface area contributed by atoms with Gasteiger partial charge in [0.15, 0.2) is 0 Å². The van der Waals surface area contributed by atoms with Crippen LogP contribution >= 0.6 is 0 Å². The molecule has 0 unspecified atom stereocenters. The second-order valence-corrected chi connectivity index (χ2v) is 7.35. The van der Waals surface area contributed by atoms with Gasteiger partial charge in [0.25, 0.3) is 0 Å². The predicted molar refractivity (Wildman–Crippen MR) is 122 cm³/mol. The van der Waals surface area contributed by atoms with Crippen molar-refractivity contribution in [3.05, 3.63) is 73.6 Å². The number of hydrogen-bond donors (Lipinski definition) is 2. The number of fused-ring (bicyclic) bond motifs is 2. The molecule has 8 heteroatoms. The molecule has 0 aliphatic heterocycles. The molecule has 32 heavy (non-hydrogen) atoms. The van der Waals surface area contributed by atoms with Crippen LogP contribution in [0, 0.1) is 0 Å². The van der Waals surface area contributed by atoms with Crippen LogP contribution in [-0.2, 0) is 0 Å². The van der Waals surface area contributed by atoms with Crippen LogP contribution in [0.1, 0.15) is 0 Å². The Morgan fingerprint density at radius 2 is 1.69 bits per heavy atom. The maximum absolute atomic E-state index is 5.30. The summed E-state index contributed by atoms with van der Waals surface area (Å²) in [5.41, 5.74) is 7.05. The highest BCUT2D eigenvalue weighted by molar-refractivity contribution is 6.00. The van der Waals surface area contributed by atoms with E-state index in [1.165, 1.54) is 0 Å². The van der Waals surface area contributed by atoms with Gasteiger partial charge in [-0.15, -0.1) is 0 Å². The van der Waals surface area contributed by atoms with Crippen LogP contribution in [-0.4, -0.2) is 42.2 Å². The Morgan fingerprint density at radius 1 is 0.781 bits per heavy atom. The highest BCUT2D eigenvalue weighted by Gasteiger charge is 2.15. The molecule has 154 valence electrons. The van der Waals surface area contributed by atoms with Gasteiger partial charge in [0.2, 0.25) is 0 Å². The molecule has 0 atom stereocenters. The largest absolute Gasteiger partial charge is 0.495 e.